The van der Waals surface area contributed by atoms with Gasteiger partial charge in [-0.1, -0.05) is 20.8 Å². The Morgan fingerprint density at radius 2 is 2.04 bits per heavy atom. The number of thiazole rings is 1. The van der Waals surface area contributed by atoms with Crippen molar-refractivity contribution in [2.45, 2.75) is 59.4 Å². The number of carbonyl (C=O) groups excluding carboxylic acids is 1. The lowest BCUT2D eigenvalue weighted by Gasteiger charge is -2.15. The summed E-state index contributed by atoms with van der Waals surface area (Å²) in [5.41, 5.74) is 4.05. The van der Waals surface area contributed by atoms with Crippen molar-refractivity contribution in [2.75, 3.05) is 0 Å². The number of aromatic nitrogens is 3. The highest BCUT2D eigenvalue weighted by Crippen LogP contribution is 2.26. The van der Waals surface area contributed by atoms with Gasteiger partial charge in [-0.2, -0.15) is 5.10 Å². The van der Waals surface area contributed by atoms with Crippen molar-refractivity contribution in [1.29, 1.82) is 0 Å². The minimum atomic E-state index is -0.0825. The third-order valence-corrected chi connectivity index (χ3v) is 5.06. The van der Waals surface area contributed by atoms with Crippen molar-refractivity contribution in [3.8, 4) is 0 Å². The first kappa shape index (κ1) is 17.7. The minimum Gasteiger partial charge on any atom is -0.347 e. The maximum atomic E-state index is 12.3. The Balaban J connectivity index is 2.04. The Hall–Kier alpha value is -1.69. The average molecular weight is 334 g/mol. The number of hydrogen-bond acceptors (Lipinski definition) is 4. The molecule has 0 saturated carbocycles. The predicted octanol–water partition coefficient (Wildman–Crippen LogP) is 3.21. The largest absolute Gasteiger partial charge is 0.347 e. The van der Waals surface area contributed by atoms with Crippen LogP contribution in [0.4, 0.5) is 0 Å². The average Bonchev–Trinajstić information content (AvgIpc) is 3.00. The second kappa shape index (κ2) is 6.43. The Morgan fingerprint density at radius 1 is 1.39 bits per heavy atom. The molecule has 23 heavy (non-hydrogen) atoms. The number of rotatable bonds is 4. The summed E-state index contributed by atoms with van der Waals surface area (Å²) in [5, 5.41) is 10.4. The fourth-order valence-electron chi connectivity index (χ4n) is 2.42. The summed E-state index contributed by atoms with van der Waals surface area (Å²) < 4.78 is 1.82. The van der Waals surface area contributed by atoms with E-state index in [2.05, 4.69) is 41.6 Å². The SMILES string of the molecule is Cc1nn(C)c(C)c1CC(=O)NC(C)c1nc(C(C)(C)C)cs1. The Labute approximate surface area is 142 Å². The van der Waals surface area contributed by atoms with Crippen LogP contribution in [0.2, 0.25) is 0 Å². The highest BCUT2D eigenvalue weighted by atomic mass is 32.1. The molecule has 1 N–H and O–H groups in total. The molecule has 6 heteroatoms. The Kier molecular flexibility index (Phi) is 4.94. The lowest BCUT2D eigenvalue weighted by atomic mass is 9.93. The first-order valence-electron chi connectivity index (χ1n) is 7.84. The topological polar surface area (TPSA) is 59.8 Å². The molecule has 126 valence electrons. The number of nitrogens with one attached hydrogen (secondary N) is 1. The van der Waals surface area contributed by atoms with Gasteiger partial charge in [-0.15, -0.1) is 11.3 Å². The van der Waals surface area contributed by atoms with Crippen molar-refractivity contribution in [3.05, 3.63) is 33.0 Å². The van der Waals surface area contributed by atoms with E-state index in [9.17, 15) is 4.79 Å². The molecular weight excluding hydrogens is 308 g/mol. The normalized spacial score (nSPS) is 13.2. The van der Waals surface area contributed by atoms with E-state index in [1.54, 1.807) is 11.3 Å². The van der Waals surface area contributed by atoms with Gasteiger partial charge in [0, 0.05) is 29.1 Å². The molecule has 5 nitrogen and oxygen atoms in total. The highest BCUT2D eigenvalue weighted by molar-refractivity contribution is 7.09. The quantitative estimate of drug-likeness (QED) is 0.934. The van der Waals surface area contributed by atoms with Gasteiger partial charge in [0.05, 0.1) is 23.9 Å². The van der Waals surface area contributed by atoms with Crippen LogP contribution in [0.1, 0.15) is 61.4 Å². The maximum Gasteiger partial charge on any atom is 0.225 e. The van der Waals surface area contributed by atoms with E-state index >= 15 is 0 Å². The van der Waals surface area contributed by atoms with Crippen LogP contribution < -0.4 is 5.32 Å². The van der Waals surface area contributed by atoms with E-state index in [0.717, 1.165) is 27.7 Å². The zero-order valence-corrected chi connectivity index (χ0v) is 15.8. The third-order valence-electron chi connectivity index (χ3n) is 4.03. The van der Waals surface area contributed by atoms with Gasteiger partial charge in [-0.05, 0) is 20.8 Å². The van der Waals surface area contributed by atoms with E-state index in [4.69, 9.17) is 0 Å². The van der Waals surface area contributed by atoms with Crippen molar-refractivity contribution in [1.82, 2.24) is 20.1 Å². The van der Waals surface area contributed by atoms with Crippen molar-refractivity contribution in [2.24, 2.45) is 7.05 Å². The molecule has 0 aliphatic rings. The number of amides is 1. The molecule has 0 saturated heterocycles. The molecule has 1 unspecified atom stereocenters. The lowest BCUT2D eigenvalue weighted by Crippen LogP contribution is -2.28. The van der Waals surface area contributed by atoms with Crippen LogP contribution in [0.25, 0.3) is 0 Å². The van der Waals surface area contributed by atoms with Crippen LogP contribution >= 0.6 is 11.3 Å². The van der Waals surface area contributed by atoms with Gasteiger partial charge in [0.25, 0.3) is 0 Å². The molecule has 0 bridgehead atoms. The van der Waals surface area contributed by atoms with E-state index in [0.29, 0.717) is 6.42 Å². The summed E-state index contributed by atoms with van der Waals surface area (Å²) in [7, 11) is 1.90. The maximum absolute atomic E-state index is 12.3. The molecule has 0 aliphatic carbocycles. The van der Waals surface area contributed by atoms with Crippen LogP contribution in [0.5, 0.6) is 0 Å². The van der Waals surface area contributed by atoms with Crippen LogP contribution in [-0.2, 0) is 23.7 Å². The molecule has 2 heterocycles. The Bertz CT molecular complexity index is 709. The van der Waals surface area contributed by atoms with Gasteiger partial charge in [0.15, 0.2) is 0 Å². The number of aryl methyl sites for hydroxylation is 2. The van der Waals surface area contributed by atoms with E-state index in [1.807, 2.05) is 32.5 Å². The molecule has 0 spiro atoms. The molecule has 0 fully saturated rings. The van der Waals surface area contributed by atoms with Crippen molar-refractivity contribution in [3.63, 3.8) is 0 Å². The Morgan fingerprint density at radius 3 is 2.52 bits per heavy atom. The minimum absolute atomic E-state index is 0.00390. The first-order chi connectivity index (χ1) is 10.6. The fourth-order valence-corrected chi connectivity index (χ4v) is 3.47. The third kappa shape index (κ3) is 3.99. The summed E-state index contributed by atoms with van der Waals surface area (Å²) in [6.07, 6.45) is 0.355. The summed E-state index contributed by atoms with van der Waals surface area (Å²) in [5.74, 6) is 0.00390. The van der Waals surface area contributed by atoms with Crippen LogP contribution in [-0.4, -0.2) is 20.7 Å². The zero-order chi connectivity index (χ0) is 17.4. The van der Waals surface area contributed by atoms with Crippen LogP contribution in [0, 0.1) is 13.8 Å². The number of carbonyl (C=O) groups is 1. The van der Waals surface area contributed by atoms with E-state index in [-0.39, 0.29) is 17.4 Å². The fraction of sp³-hybridized carbons (Fsp3) is 0.588. The standard InChI is InChI=1S/C17H26N4OS/c1-10-13(12(3)21(7)20-10)8-15(22)18-11(2)16-19-14(9-23-16)17(4,5)6/h9,11H,8H2,1-7H3,(H,18,22). The van der Waals surface area contributed by atoms with Crippen LogP contribution in [0.3, 0.4) is 0 Å². The van der Waals surface area contributed by atoms with Gasteiger partial charge < -0.3 is 5.32 Å². The molecule has 1 atom stereocenters. The molecule has 2 aromatic heterocycles. The molecule has 0 aliphatic heterocycles. The molecule has 0 aromatic carbocycles. The second-order valence-electron chi connectivity index (χ2n) is 7.06. The summed E-state index contributed by atoms with van der Waals surface area (Å²) in [4.78, 5) is 17.0. The van der Waals surface area contributed by atoms with Gasteiger partial charge >= 0.3 is 0 Å². The molecule has 2 rings (SSSR count). The zero-order valence-electron chi connectivity index (χ0n) is 15.0. The van der Waals surface area contributed by atoms with Gasteiger partial charge in [0.1, 0.15) is 5.01 Å². The van der Waals surface area contributed by atoms with Crippen LogP contribution in [0.15, 0.2) is 5.38 Å². The molecule has 2 aromatic rings. The highest BCUT2D eigenvalue weighted by Gasteiger charge is 2.21. The van der Waals surface area contributed by atoms with E-state index < -0.39 is 0 Å². The monoisotopic (exact) mass is 334 g/mol. The second-order valence-corrected chi connectivity index (χ2v) is 7.95. The molecular formula is C17H26N4OS. The van der Waals surface area contributed by atoms with Gasteiger partial charge in [-0.3, -0.25) is 9.48 Å². The molecule has 1 amide bonds. The lowest BCUT2D eigenvalue weighted by molar-refractivity contribution is -0.121. The van der Waals surface area contributed by atoms with Crippen molar-refractivity contribution < 1.29 is 4.79 Å². The number of nitrogens with zero attached hydrogens (tertiary/aromatic N) is 3. The number of hydrogen-bond donors (Lipinski definition) is 1. The smallest absolute Gasteiger partial charge is 0.225 e. The predicted molar refractivity (Wildman–Crippen MR) is 93.8 cm³/mol. The van der Waals surface area contributed by atoms with Crippen molar-refractivity contribution >= 4 is 17.2 Å². The van der Waals surface area contributed by atoms with Gasteiger partial charge in [0.2, 0.25) is 5.91 Å². The first-order valence-corrected chi connectivity index (χ1v) is 8.72. The van der Waals surface area contributed by atoms with E-state index in [1.165, 1.54) is 0 Å². The molecule has 0 radical (unpaired) electrons. The summed E-state index contributed by atoms with van der Waals surface area (Å²) >= 11 is 1.60. The van der Waals surface area contributed by atoms with Gasteiger partial charge in [-0.25, -0.2) is 4.98 Å². The summed E-state index contributed by atoms with van der Waals surface area (Å²) in [6, 6.07) is -0.0825. The summed E-state index contributed by atoms with van der Waals surface area (Å²) in [6.45, 7) is 12.3.